The number of methoxy groups -OCH3 is 1. The minimum Gasteiger partial charge on any atom is -0.487 e. The van der Waals surface area contributed by atoms with Crippen LogP contribution in [0.1, 0.15) is 37.4 Å². The van der Waals surface area contributed by atoms with Crippen molar-refractivity contribution in [1.29, 1.82) is 0 Å². The average Bonchev–Trinajstić information content (AvgIpc) is 2.88. The van der Waals surface area contributed by atoms with Gasteiger partial charge in [-0.25, -0.2) is 9.67 Å². The summed E-state index contributed by atoms with van der Waals surface area (Å²) in [6, 6.07) is 0.594. The zero-order valence-electron chi connectivity index (χ0n) is 15.4. The first-order valence-electron chi connectivity index (χ1n) is 9.43. The molecule has 3 aliphatic rings. The summed E-state index contributed by atoms with van der Waals surface area (Å²) in [5, 5.41) is 12.0. The van der Waals surface area contributed by atoms with E-state index in [1.54, 1.807) is 13.3 Å². The fourth-order valence-electron chi connectivity index (χ4n) is 3.97. The van der Waals surface area contributed by atoms with Gasteiger partial charge in [0, 0.05) is 19.1 Å². The van der Waals surface area contributed by atoms with Gasteiger partial charge in [-0.15, -0.1) is 0 Å². The lowest BCUT2D eigenvalue weighted by atomic mass is 9.80. The van der Waals surface area contributed by atoms with Crippen LogP contribution in [0.25, 0.3) is 0 Å². The quantitative estimate of drug-likeness (QED) is 0.813. The predicted octanol–water partition coefficient (Wildman–Crippen LogP) is 3.31. The van der Waals surface area contributed by atoms with Crippen molar-refractivity contribution in [2.45, 2.75) is 50.8 Å². The van der Waals surface area contributed by atoms with Crippen LogP contribution in [0.4, 0.5) is 17.6 Å². The molecule has 2 aromatic rings. The second-order valence-electron chi connectivity index (χ2n) is 7.61. The summed E-state index contributed by atoms with van der Waals surface area (Å²) < 4.78 is 13.7. The van der Waals surface area contributed by atoms with Crippen LogP contribution in [-0.2, 0) is 4.74 Å². The first-order valence-corrected chi connectivity index (χ1v) is 9.81. The molecule has 2 fully saturated rings. The number of aryl methyl sites for hydroxylation is 1. The second kappa shape index (κ2) is 6.53. The van der Waals surface area contributed by atoms with Crippen molar-refractivity contribution in [3.05, 3.63) is 16.9 Å². The monoisotopic (exact) mass is 390 g/mol. The van der Waals surface area contributed by atoms with Crippen LogP contribution in [0.15, 0.2) is 6.20 Å². The fraction of sp³-hybridized carbons (Fsp3) is 0.611. The minimum atomic E-state index is 0.278. The van der Waals surface area contributed by atoms with Crippen molar-refractivity contribution in [1.82, 2.24) is 19.7 Å². The Balaban J connectivity index is 1.54. The lowest BCUT2D eigenvalue weighted by Crippen LogP contribution is -2.41. The Hall–Kier alpha value is -2.06. The molecule has 2 N–H and O–H groups in total. The molecule has 144 valence electrons. The van der Waals surface area contributed by atoms with Crippen molar-refractivity contribution < 1.29 is 9.47 Å². The van der Waals surface area contributed by atoms with Crippen molar-refractivity contribution in [3.63, 3.8) is 0 Å². The van der Waals surface area contributed by atoms with Crippen molar-refractivity contribution in [3.8, 4) is 5.75 Å². The van der Waals surface area contributed by atoms with Crippen LogP contribution >= 0.6 is 11.6 Å². The molecule has 5 rings (SSSR count). The van der Waals surface area contributed by atoms with Gasteiger partial charge in [0.1, 0.15) is 10.7 Å². The van der Waals surface area contributed by atoms with Gasteiger partial charge < -0.3 is 20.1 Å². The maximum atomic E-state index is 6.30. The molecule has 3 heterocycles. The molecule has 2 bridgehead atoms. The summed E-state index contributed by atoms with van der Waals surface area (Å²) in [5.41, 5.74) is 0.871. The molecule has 0 aromatic carbocycles. The first kappa shape index (κ1) is 17.1. The Morgan fingerprint density at radius 3 is 2.93 bits per heavy atom. The zero-order chi connectivity index (χ0) is 18.5. The van der Waals surface area contributed by atoms with Crippen LogP contribution in [0.5, 0.6) is 5.75 Å². The van der Waals surface area contributed by atoms with Gasteiger partial charge in [-0.05, 0) is 32.6 Å². The number of fused-ring (bicyclic) bond motifs is 4. The number of anilines is 3. The second-order valence-corrected chi connectivity index (χ2v) is 8.01. The number of halogens is 1. The largest absolute Gasteiger partial charge is 0.487 e. The summed E-state index contributed by atoms with van der Waals surface area (Å²) in [6.45, 7) is 2.62. The number of hydrogen-bond donors (Lipinski definition) is 2. The SMILES string of the molecule is COC1CC(n2nc(C)c3c2Nc2ncc(Cl)c(n2)N[C@@H]2CC[C@H]2CO3)C1. The number of hydrogen-bond acceptors (Lipinski definition) is 7. The minimum absolute atomic E-state index is 0.278. The summed E-state index contributed by atoms with van der Waals surface area (Å²) in [5.74, 6) is 3.16. The zero-order valence-corrected chi connectivity index (χ0v) is 16.2. The van der Waals surface area contributed by atoms with E-state index in [0.717, 1.165) is 42.9 Å². The highest BCUT2D eigenvalue weighted by molar-refractivity contribution is 6.32. The maximum Gasteiger partial charge on any atom is 0.230 e. The van der Waals surface area contributed by atoms with E-state index in [-0.39, 0.29) is 12.1 Å². The van der Waals surface area contributed by atoms with E-state index in [1.807, 2.05) is 11.6 Å². The highest BCUT2D eigenvalue weighted by atomic mass is 35.5. The third kappa shape index (κ3) is 2.91. The molecule has 0 saturated heterocycles. The molecular weight excluding hydrogens is 368 g/mol. The van der Waals surface area contributed by atoms with Crippen molar-refractivity contribution in [2.75, 3.05) is 24.4 Å². The summed E-state index contributed by atoms with van der Waals surface area (Å²) >= 11 is 6.30. The maximum absolute atomic E-state index is 6.30. The van der Waals surface area contributed by atoms with E-state index in [4.69, 9.17) is 26.2 Å². The van der Waals surface area contributed by atoms with Gasteiger partial charge in [0.15, 0.2) is 17.4 Å². The predicted molar refractivity (Wildman–Crippen MR) is 102 cm³/mol. The lowest BCUT2D eigenvalue weighted by molar-refractivity contribution is 0.00305. The van der Waals surface area contributed by atoms with Crippen molar-refractivity contribution in [2.24, 2.45) is 5.92 Å². The molecule has 8 nitrogen and oxygen atoms in total. The van der Waals surface area contributed by atoms with E-state index >= 15 is 0 Å². The Labute approximate surface area is 162 Å². The van der Waals surface area contributed by atoms with Gasteiger partial charge in [0.05, 0.1) is 24.9 Å². The molecule has 0 amide bonds. The van der Waals surface area contributed by atoms with Crippen molar-refractivity contribution >= 4 is 29.2 Å². The summed E-state index contributed by atoms with van der Waals surface area (Å²) in [6.07, 6.45) is 6.00. The molecule has 0 unspecified atom stereocenters. The number of ether oxygens (including phenoxy) is 2. The van der Waals surface area contributed by atoms with Crippen LogP contribution in [-0.4, -0.2) is 45.6 Å². The summed E-state index contributed by atoms with van der Waals surface area (Å²) in [7, 11) is 1.75. The standard InChI is InChI=1S/C18H23ClN6O2/c1-9-15-17(25(24-9)11-5-12(6-11)26-2)23-18-20-7-13(19)16(22-18)21-14-4-3-10(14)8-27-15/h7,10-12,14H,3-6,8H2,1-2H3,(H2,20,21,22,23)/t10-,11?,12?,14+/m0/s1. The van der Waals surface area contributed by atoms with E-state index in [2.05, 4.69) is 20.6 Å². The molecule has 27 heavy (non-hydrogen) atoms. The van der Waals surface area contributed by atoms with E-state index in [1.165, 1.54) is 0 Å². The van der Waals surface area contributed by atoms with E-state index in [0.29, 0.717) is 35.4 Å². The first-order chi connectivity index (χ1) is 13.1. The molecule has 0 spiro atoms. The Morgan fingerprint density at radius 2 is 2.19 bits per heavy atom. The molecular formula is C18H23ClN6O2. The van der Waals surface area contributed by atoms with Crippen LogP contribution in [0.2, 0.25) is 5.02 Å². The third-order valence-corrected chi connectivity index (χ3v) is 6.21. The molecule has 2 saturated carbocycles. The van der Waals surface area contributed by atoms with Gasteiger partial charge in [0.2, 0.25) is 5.95 Å². The fourth-order valence-corrected chi connectivity index (χ4v) is 4.12. The van der Waals surface area contributed by atoms with Crippen LogP contribution in [0.3, 0.4) is 0 Å². The topological polar surface area (TPSA) is 86.1 Å². The van der Waals surface area contributed by atoms with Gasteiger partial charge >= 0.3 is 0 Å². The molecule has 2 atom stereocenters. The highest BCUT2D eigenvalue weighted by Gasteiger charge is 2.36. The van der Waals surface area contributed by atoms with Crippen LogP contribution < -0.4 is 15.4 Å². The van der Waals surface area contributed by atoms with Gasteiger partial charge in [0.25, 0.3) is 0 Å². The third-order valence-electron chi connectivity index (χ3n) is 5.94. The normalized spacial score (nSPS) is 28.9. The van der Waals surface area contributed by atoms with Gasteiger partial charge in [-0.2, -0.15) is 10.1 Å². The number of nitrogens with zero attached hydrogens (tertiary/aromatic N) is 4. The lowest BCUT2D eigenvalue weighted by Gasteiger charge is -2.37. The van der Waals surface area contributed by atoms with E-state index in [9.17, 15) is 0 Å². The molecule has 2 aliphatic carbocycles. The Kier molecular flexibility index (Phi) is 4.12. The Bertz CT molecular complexity index is 866. The molecule has 9 heteroatoms. The number of rotatable bonds is 2. The van der Waals surface area contributed by atoms with Crippen LogP contribution in [0, 0.1) is 12.8 Å². The van der Waals surface area contributed by atoms with E-state index < -0.39 is 0 Å². The molecule has 1 aliphatic heterocycles. The number of aromatic nitrogens is 4. The van der Waals surface area contributed by atoms with Gasteiger partial charge in [-0.1, -0.05) is 11.6 Å². The molecule has 0 radical (unpaired) electrons. The van der Waals surface area contributed by atoms with Gasteiger partial charge in [-0.3, -0.25) is 0 Å². The highest BCUT2D eigenvalue weighted by Crippen LogP contribution is 2.42. The summed E-state index contributed by atoms with van der Waals surface area (Å²) in [4.78, 5) is 8.93. The Morgan fingerprint density at radius 1 is 1.33 bits per heavy atom. The average molecular weight is 391 g/mol. The molecule has 2 aromatic heterocycles. The number of nitrogens with one attached hydrogen (secondary N) is 2. The smallest absolute Gasteiger partial charge is 0.230 e.